The largest absolute Gasteiger partial charge is 0.293 e. The molecule has 1 heterocycles. The Morgan fingerprint density at radius 1 is 1.41 bits per heavy atom. The summed E-state index contributed by atoms with van der Waals surface area (Å²) in [7, 11) is 1.38. The van der Waals surface area contributed by atoms with E-state index in [0.717, 1.165) is 16.7 Å². The van der Waals surface area contributed by atoms with Gasteiger partial charge >= 0.3 is 0 Å². The average Bonchev–Trinajstić information content (AvgIpc) is 2.52. The van der Waals surface area contributed by atoms with Gasteiger partial charge in [0.25, 0.3) is 11.1 Å². The van der Waals surface area contributed by atoms with Gasteiger partial charge in [0, 0.05) is 12.6 Å². The second kappa shape index (κ2) is 4.50. The molecule has 1 fully saturated rings. The summed E-state index contributed by atoms with van der Waals surface area (Å²) in [4.78, 5) is 24.0. The number of likely N-dealkylation sites (N-methyl/N-ethyl adjacent to an activating group) is 1. The number of imide groups is 1. The Kier molecular flexibility index (Phi) is 3.22. The monoisotopic (exact) mass is 271 g/mol. The maximum atomic E-state index is 13.5. The van der Waals surface area contributed by atoms with E-state index in [4.69, 9.17) is 11.6 Å². The number of hydrogen-bond donors (Lipinski definition) is 0. The van der Waals surface area contributed by atoms with Crippen LogP contribution in [0.1, 0.15) is 5.56 Å². The number of rotatable bonds is 1. The Morgan fingerprint density at radius 2 is 2.12 bits per heavy atom. The maximum Gasteiger partial charge on any atom is 0.293 e. The van der Waals surface area contributed by atoms with Gasteiger partial charge in [-0.25, -0.2) is 4.39 Å². The molecule has 0 aromatic heterocycles. The molecular formula is C11H7ClFNO2S. The van der Waals surface area contributed by atoms with Crippen LogP contribution < -0.4 is 0 Å². The number of halogens is 2. The molecule has 0 saturated carbocycles. The molecule has 1 saturated heterocycles. The molecule has 0 atom stereocenters. The second-order valence-electron chi connectivity index (χ2n) is 3.38. The molecule has 0 radical (unpaired) electrons. The number of amides is 2. The van der Waals surface area contributed by atoms with Gasteiger partial charge in [0.15, 0.2) is 0 Å². The van der Waals surface area contributed by atoms with E-state index in [2.05, 4.69) is 0 Å². The molecular weight excluding hydrogens is 265 g/mol. The van der Waals surface area contributed by atoms with E-state index < -0.39 is 11.7 Å². The number of hydrogen-bond acceptors (Lipinski definition) is 3. The summed E-state index contributed by atoms with van der Waals surface area (Å²) in [5, 5.41) is -0.179. The van der Waals surface area contributed by atoms with Crippen molar-refractivity contribution in [3.8, 4) is 0 Å². The molecule has 1 aliphatic rings. The van der Waals surface area contributed by atoms with Gasteiger partial charge < -0.3 is 0 Å². The number of thioether (sulfide) groups is 1. The van der Waals surface area contributed by atoms with Crippen LogP contribution in [0.25, 0.3) is 6.08 Å². The third-order valence-corrected chi connectivity index (χ3v) is 3.55. The van der Waals surface area contributed by atoms with Gasteiger partial charge in [-0.2, -0.15) is 0 Å². The quantitative estimate of drug-likeness (QED) is 0.737. The lowest BCUT2D eigenvalue weighted by Gasteiger charge is -2.02. The van der Waals surface area contributed by atoms with Gasteiger partial charge in [-0.05, 0) is 30.0 Å². The summed E-state index contributed by atoms with van der Waals surface area (Å²) in [5.41, 5.74) is 0.119. The molecule has 6 heteroatoms. The molecule has 0 bridgehead atoms. The van der Waals surface area contributed by atoms with Crippen molar-refractivity contribution in [2.24, 2.45) is 0 Å². The smallest absolute Gasteiger partial charge is 0.272 e. The number of nitrogens with zero attached hydrogens (tertiary/aromatic N) is 1. The van der Waals surface area contributed by atoms with E-state index >= 15 is 0 Å². The number of carbonyl (C=O) groups is 2. The fourth-order valence-electron chi connectivity index (χ4n) is 1.33. The van der Waals surface area contributed by atoms with Crippen molar-refractivity contribution < 1.29 is 14.0 Å². The zero-order valence-corrected chi connectivity index (χ0v) is 10.3. The minimum atomic E-state index is -0.527. The first-order valence-corrected chi connectivity index (χ1v) is 5.85. The first-order valence-electron chi connectivity index (χ1n) is 4.66. The van der Waals surface area contributed by atoms with Crippen LogP contribution in [0.5, 0.6) is 0 Å². The summed E-state index contributed by atoms with van der Waals surface area (Å²) in [6.07, 6.45) is 1.30. The maximum absolute atomic E-state index is 13.5. The predicted octanol–water partition coefficient (Wildman–Crippen LogP) is 3.15. The molecule has 2 rings (SSSR count). The lowest BCUT2D eigenvalue weighted by atomic mass is 10.2. The van der Waals surface area contributed by atoms with Crippen LogP contribution in [-0.4, -0.2) is 23.1 Å². The van der Waals surface area contributed by atoms with E-state index in [9.17, 15) is 14.0 Å². The van der Waals surface area contributed by atoms with Gasteiger partial charge in [0.2, 0.25) is 0 Å². The summed E-state index contributed by atoms with van der Waals surface area (Å²) in [6, 6.07) is 4.24. The van der Waals surface area contributed by atoms with Crippen LogP contribution in [0.3, 0.4) is 0 Å². The molecule has 1 aromatic carbocycles. The van der Waals surface area contributed by atoms with Crippen LogP contribution in [0, 0.1) is 5.82 Å². The highest BCUT2D eigenvalue weighted by molar-refractivity contribution is 8.18. The molecule has 1 aliphatic heterocycles. The van der Waals surface area contributed by atoms with Gasteiger partial charge in [0.1, 0.15) is 5.82 Å². The zero-order valence-electron chi connectivity index (χ0n) is 8.74. The standard InChI is InChI=1S/C11H7ClFNO2S/c1-14-10(15)9(17-11(14)16)5-6-7(12)3-2-4-8(6)13/h2-5H,1H3. The van der Waals surface area contributed by atoms with Crippen molar-refractivity contribution in [2.75, 3.05) is 7.05 Å². The van der Waals surface area contributed by atoms with Crippen molar-refractivity contribution in [1.82, 2.24) is 4.90 Å². The van der Waals surface area contributed by atoms with Crippen LogP contribution in [0.15, 0.2) is 23.1 Å². The van der Waals surface area contributed by atoms with Gasteiger partial charge in [0.05, 0.1) is 9.93 Å². The van der Waals surface area contributed by atoms with Crippen molar-refractivity contribution in [3.63, 3.8) is 0 Å². The Bertz CT molecular complexity index is 524. The Morgan fingerprint density at radius 3 is 2.65 bits per heavy atom. The van der Waals surface area contributed by atoms with E-state index in [1.807, 2.05) is 0 Å². The van der Waals surface area contributed by atoms with E-state index in [-0.39, 0.29) is 20.7 Å². The Balaban J connectivity index is 2.44. The third-order valence-electron chi connectivity index (χ3n) is 2.26. The van der Waals surface area contributed by atoms with E-state index in [0.29, 0.717) is 0 Å². The number of benzene rings is 1. The lowest BCUT2D eigenvalue weighted by molar-refractivity contribution is -0.121. The summed E-state index contributed by atoms with van der Waals surface area (Å²) in [5.74, 6) is -0.972. The zero-order chi connectivity index (χ0) is 12.6. The van der Waals surface area contributed by atoms with Crippen LogP contribution in [0.2, 0.25) is 5.02 Å². The first-order chi connectivity index (χ1) is 8.00. The van der Waals surface area contributed by atoms with Crippen molar-refractivity contribution in [3.05, 3.63) is 39.5 Å². The topological polar surface area (TPSA) is 37.4 Å². The summed E-state index contributed by atoms with van der Waals surface area (Å²) < 4.78 is 13.5. The normalized spacial score (nSPS) is 18.3. The van der Waals surface area contributed by atoms with E-state index in [1.165, 1.54) is 31.3 Å². The highest BCUT2D eigenvalue weighted by Crippen LogP contribution is 2.33. The highest BCUT2D eigenvalue weighted by atomic mass is 35.5. The van der Waals surface area contributed by atoms with E-state index in [1.54, 1.807) is 0 Å². The molecule has 0 N–H and O–H groups in total. The van der Waals surface area contributed by atoms with Crippen LogP contribution in [0.4, 0.5) is 9.18 Å². The third kappa shape index (κ3) is 2.21. The average molecular weight is 272 g/mol. The van der Waals surface area contributed by atoms with Crippen molar-refractivity contribution in [2.45, 2.75) is 0 Å². The fourth-order valence-corrected chi connectivity index (χ4v) is 2.35. The second-order valence-corrected chi connectivity index (χ2v) is 4.78. The van der Waals surface area contributed by atoms with Gasteiger partial charge in [-0.15, -0.1) is 0 Å². The Labute approximate surface area is 106 Å². The van der Waals surface area contributed by atoms with Gasteiger partial charge in [-0.3, -0.25) is 14.5 Å². The molecule has 0 spiro atoms. The minimum absolute atomic E-state index is 0.119. The molecule has 0 aliphatic carbocycles. The van der Waals surface area contributed by atoms with Crippen LogP contribution >= 0.6 is 23.4 Å². The SMILES string of the molecule is CN1C(=O)SC(=Cc2c(F)cccc2Cl)C1=O. The number of carbonyl (C=O) groups excluding carboxylic acids is 2. The minimum Gasteiger partial charge on any atom is -0.272 e. The summed E-state index contributed by atoms with van der Waals surface area (Å²) in [6.45, 7) is 0. The highest BCUT2D eigenvalue weighted by Gasteiger charge is 2.32. The Hall–Kier alpha value is -1.33. The molecule has 17 heavy (non-hydrogen) atoms. The molecule has 1 aromatic rings. The van der Waals surface area contributed by atoms with Crippen molar-refractivity contribution >= 4 is 40.6 Å². The molecule has 0 unspecified atom stereocenters. The molecule has 88 valence electrons. The lowest BCUT2D eigenvalue weighted by Crippen LogP contribution is -2.22. The summed E-state index contributed by atoms with van der Waals surface area (Å²) >= 11 is 6.59. The fraction of sp³-hybridized carbons (Fsp3) is 0.0909. The molecule has 3 nitrogen and oxygen atoms in total. The van der Waals surface area contributed by atoms with Crippen LogP contribution in [-0.2, 0) is 4.79 Å². The predicted molar refractivity (Wildman–Crippen MR) is 65.1 cm³/mol. The molecule has 2 amide bonds. The first kappa shape index (κ1) is 12.1. The van der Waals surface area contributed by atoms with Crippen molar-refractivity contribution in [1.29, 1.82) is 0 Å². The van der Waals surface area contributed by atoms with Gasteiger partial charge in [-0.1, -0.05) is 17.7 Å².